The molecule has 0 radical (unpaired) electrons. The Kier molecular flexibility index (Phi) is 3.75. The predicted octanol–water partition coefficient (Wildman–Crippen LogP) is -0.400. The maximum atomic E-state index is 2.35. The number of hydrogen-bond donors (Lipinski definition) is 2. The van der Waals surface area contributed by atoms with E-state index in [4.69, 9.17) is 0 Å². The molecule has 2 heteroatoms. The lowest BCUT2D eigenvalue weighted by Crippen LogP contribution is -3.12. The van der Waals surface area contributed by atoms with Gasteiger partial charge in [-0.15, -0.1) is 0 Å². The highest BCUT2D eigenvalue weighted by Crippen LogP contribution is 2.06. The first-order valence-corrected chi connectivity index (χ1v) is 6.08. The van der Waals surface area contributed by atoms with E-state index in [1.165, 1.54) is 38.0 Å². The molecular formula is C13H22N2+2. The Hall–Kier alpha value is -0.860. The van der Waals surface area contributed by atoms with Crippen molar-refractivity contribution in [1.82, 2.24) is 0 Å². The number of benzene rings is 1. The highest BCUT2D eigenvalue weighted by Gasteiger charge is 2.22. The van der Waals surface area contributed by atoms with Gasteiger partial charge in [-0.1, -0.05) is 30.3 Å². The maximum Gasteiger partial charge on any atom is 0.161 e. The molecule has 0 unspecified atom stereocenters. The Balaban J connectivity index is 1.97. The van der Waals surface area contributed by atoms with Crippen molar-refractivity contribution in [2.75, 3.05) is 26.7 Å². The zero-order valence-corrected chi connectivity index (χ0v) is 9.58. The second-order valence-electron chi connectivity index (χ2n) is 4.51. The summed E-state index contributed by atoms with van der Waals surface area (Å²) in [5.74, 6) is 0. The molecule has 1 aromatic carbocycles. The van der Waals surface area contributed by atoms with Crippen molar-refractivity contribution >= 4 is 0 Å². The van der Waals surface area contributed by atoms with E-state index in [-0.39, 0.29) is 0 Å². The smallest absolute Gasteiger partial charge is 0.161 e. The highest BCUT2D eigenvalue weighted by molar-refractivity contribution is 5.16. The first kappa shape index (κ1) is 10.7. The topological polar surface area (TPSA) is 21.1 Å². The second-order valence-corrected chi connectivity index (χ2v) is 4.51. The van der Waals surface area contributed by atoms with Crippen molar-refractivity contribution in [2.24, 2.45) is 0 Å². The summed E-state index contributed by atoms with van der Waals surface area (Å²) in [6.07, 6.45) is 2.83. The minimum Gasteiger partial charge on any atom is -0.338 e. The van der Waals surface area contributed by atoms with E-state index < -0.39 is 0 Å². The van der Waals surface area contributed by atoms with Gasteiger partial charge in [0, 0.05) is 18.4 Å². The summed E-state index contributed by atoms with van der Waals surface area (Å²) in [5, 5.41) is 2.35. The van der Waals surface area contributed by atoms with E-state index in [0.717, 1.165) is 0 Å². The molecule has 82 valence electrons. The second kappa shape index (κ2) is 5.29. The Labute approximate surface area is 92.3 Å². The Morgan fingerprint density at radius 2 is 1.87 bits per heavy atom. The van der Waals surface area contributed by atoms with Crippen molar-refractivity contribution in [2.45, 2.75) is 18.9 Å². The van der Waals surface area contributed by atoms with Gasteiger partial charge in [0.25, 0.3) is 0 Å². The molecule has 2 rings (SSSR count). The van der Waals surface area contributed by atoms with Gasteiger partial charge in [-0.25, -0.2) is 0 Å². The minimum atomic E-state index is 0.638. The molecule has 3 N–H and O–H groups in total. The summed E-state index contributed by atoms with van der Waals surface area (Å²) >= 11 is 0. The fourth-order valence-corrected chi connectivity index (χ4v) is 2.52. The normalized spacial score (nSPS) is 19.3. The fraction of sp³-hybridized carbons (Fsp3) is 0.538. The number of quaternary nitrogens is 2. The number of rotatable bonds is 4. The Morgan fingerprint density at radius 1 is 1.20 bits per heavy atom. The molecule has 1 aliphatic heterocycles. The van der Waals surface area contributed by atoms with Gasteiger partial charge < -0.3 is 10.2 Å². The summed E-state index contributed by atoms with van der Waals surface area (Å²) in [7, 11) is 2.19. The first-order valence-electron chi connectivity index (χ1n) is 6.08. The summed E-state index contributed by atoms with van der Waals surface area (Å²) in [6.45, 7) is 4.02. The van der Waals surface area contributed by atoms with Gasteiger partial charge in [0.15, 0.2) is 6.04 Å². The Bertz CT molecular complexity index is 278. The fourth-order valence-electron chi connectivity index (χ4n) is 2.52. The lowest BCUT2D eigenvalue weighted by Gasteiger charge is -2.18. The molecule has 0 saturated carbocycles. The van der Waals surface area contributed by atoms with Gasteiger partial charge in [-0.3, -0.25) is 0 Å². The number of nitrogens with one attached hydrogen (secondary N) is 1. The lowest BCUT2D eigenvalue weighted by molar-refractivity contribution is -0.908. The Morgan fingerprint density at radius 3 is 2.47 bits per heavy atom. The van der Waals surface area contributed by atoms with E-state index >= 15 is 0 Å². The molecule has 1 aliphatic rings. The molecule has 2 nitrogen and oxygen atoms in total. The van der Waals surface area contributed by atoms with Crippen LogP contribution >= 0.6 is 0 Å². The van der Waals surface area contributed by atoms with Crippen LogP contribution in [0.3, 0.4) is 0 Å². The van der Waals surface area contributed by atoms with Crippen LogP contribution in [0.2, 0.25) is 0 Å². The molecule has 0 bridgehead atoms. The lowest BCUT2D eigenvalue weighted by atomic mass is 10.1. The molecule has 0 spiro atoms. The van der Waals surface area contributed by atoms with Crippen molar-refractivity contribution in [1.29, 1.82) is 0 Å². The van der Waals surface area contributed by atoms with Gasteiger partial charge >= 0.3 is 0 Å². The third-order valence-electron chi connectivity index (χ3n) is 3.45. The van der Waals surface area contributed by atoms with E-state index in [0.29, 0.717) is 6.04 Å². The van der Waals surface area contributed by atoms with Crippen LogP contribution in [0, 0.1) is 0 Å². The van der Waals surface area contributed by atoms with Crippen LogP contribution in [0.25, 0.3) is 0 Å². The molecular weight excluding hydrogens is 184 g/mol. The molecule has 1 heterocycles. The number of likely N-dealkylation sites (N-methyl/N-ethyl adjacent to an activating group) is 1. The summed E-state index contributed by atoms with van der Waals surface area (Å²) < 4.78 is 0. The molecule has 0 aromatic heterocycles. The predicted molar refractivity (Wildman–Crippen MR) is 61.8 cm³/mol. The van der Waals surface area contributed by atoms with E-state index in [9.17, 15) is 0 Å². The maximum absolute atomic E-state index is 2.35. The number of nitrogens with two attached hydrogens (primary N) is 1. The SMILES string of the molecule is C[NH2+][C@@H](C[NH+]1CCCC1)c1ccccc1. The summed E-state index contributed by atoms with van der Waals surface area (Å²) in [5.41, 5.74) is 1.47. The van der Waals surface area contributed by atoms with Crippen LogP contribution in [-0.2, 0) is 0 Å². The van der Waals surface area contributed by atoms with Gasteiger partial charge in [-0.05, 0) is 0 Å². The van der Waals surface area contributed by atoms with Crippen molar-refractivity contribution < 1.29 is 10.2 Å². The minimum absolute atomic E-state index is 0.638. The van der Waals surface area contributed by atoms with Gasteiger partial charge in [0.1, 0.15) is 6.54 Å². The molecule has 0 aliphatic carbocycles. The van der Waals surface area contributed by atoms with Crippen LogP contribution in [0.15, 0.2) is 30.3 Å². The molecule has 15 heavy (non-hydrogen) atoms. The van der Waals surface area contributed by atoms with Crippen LogP contribution in [-0.4, -0.2) is 26.7 Å². The van der Waals surface area contributed by atoms with Crippen LogP contribution in [0.1, 0.15) is 24.4 Å². The summed E-state index contributed by atoms with van der Waals surface area (Å²) in [4.78, 5) is 1.78. The van der Waals surface area contributed by atoms with Crippen molar-refractivity contribution in [3.05, 3.63) is 35.9 Å². The first-order chi connectivity index (χ1) is 7.40. The number of hydrogen-bond acceptors (Lipinski definition) is 0. The third kappa shape index (κ3) is 2.80. The standard InChI is InChI=1S/C13H20N2/c1-14-13(11-15-9-5-6-10-15)12-7-3-2-4-8-12/h2-4,7-8,13-14H,5-6,9-11H2,1H3/p+2/t13-/m0/s1. The van der Waals surface area contributed by atoms with Gasteiger partial charge in [0.2, 0.25) is 0 Å². The van der Waals surface area contributed by atoms with Crippen LogP contribution < -0.4 is 10.2 Å². The van der Waals surface area contributed by atoms with Crippen molar-refractivity contribution in [3.63, 3.8) is 0 Å². The molecule has 1 saturated heterocycles. The third-order valence-corrected chi connectivity index (χ3v) is 3.45. The zero-order chi connectivity index (χ0) is 10.5. The highest BCUT2D eigenvalue weighted by atomic mass is 15.2. The van der Waals surface area contributed by atoms with Crippen LogP contribution in [0.4, 0.5) is 0 Å². The van der Waals surface area contributed by atoms with Crippen LogP contribution in [0.5, 0.6) is 0 Å². The van der Waals surface area contributed by atoms with Crippen molar-refractivity contribution in [3.8, 4) is 0 Å². The molecule has 1 fully saturated rings. The monoisotopic (exact) mass is 206 g/mol. The molecule has 1 aromatic rings. The number of likely N-dealkylation sites (tertiary alicyclic amines) is 1. The molecule has 1 atom stereocenters. The van der Waals surface area contributed by atoms with E-state index in [1.807, 2.05) is 0 Å². The summed E-state index contributed by atoms with van der Waals surface area (Å²) in [6, 6.07) is 11.5. The zero-order valence-electron chi connectivity index (χ0n) is 9.58. The van der Waals surface area contributed by atoms with Gasteiger partial charge in [-0.2, -0.15) is 0 Å². The van der Waals surface area contributed by atoms with Gasteiger partial charge in [0.05, 0.1) is 20.1 Å². The largest absolute Gasteiger partial charge is 0.338 e. The average Bonchev–Trinajstić information content (AvgIpc) is 2.80. The average molecular weight is 206 g/mol. The quantitative estimate of drug-likeness (QED) is 0.669. The van der Waals surface area contributed by atoms with E-state index in [2.05, 4.69) is 42.7 Å². The van der Waals surface area contributed by atoms with E-state index in [1.54, 1.807) is 4.90 Å². The molecule has 0 amide bonds.